The van der Waals surface area contributed by atoms with Crippen LogP contribution in [0.2, 0.25) is 5.02 Å². The molecule has 2 heterocycles. The molecule has 0 unspecified atom stereocenters. The molecule has 43 heavy (non-hydrogen) atoms. The number of para-hydroxylation sites is 1. The fraction of sp³-hybridized carbons (Fsp3) is 0.138. The van der Waals surface area contributed by atoms with Gasteiger partial charge >= 0.3 is 12.2 Å². The summed E-state index contributed by atoms with van der Waals surface area (Å²) in [5.41, 5.74) is 4.99. The second-order valence-electron chi connectivity index (χ2n) is 9.09. The molecule has 0 saturated heterocycles. The number of aldehydes is 1. The summed E-state index contributed by atoms with van der Waals surface area (Å²) in [5.74, 6) is 0.555. The van der Waals surface area contributed by atoms with E-state index in [1.807, 2.05) is 54.6 Å². The average molecular weight is 612 g/mol. The van der Waals surface area contributed by atoms with Crippen molar-refractivity contribution in [3.63, 3.8) is 0 Å². The predicted octanol–water partition coefficient (Wildman–Crippen LogP) is 6.22. The largest absolute Gasteiger partial charge is 0.446 e. The Labute approximate surface area is 249 Å². The van der Waals surface area contributed by atoms with Gasteiger partial charge in [0.15, 0.2) is 5.82 Å². The Hall–Kier alpha value is -5.17. The first-order valence-electron chi connectivity index (χ1n) is 12.8. The van der Waals surface area contributed by atoms with Gasteiger partial charge in [0.25, 0.3) is 0 Å². The van der Waals surface area contributed by atoms with E-state index in [1.165, 1.54) is 0 Å². The van der Waals surface area contributed by atoms with Crippen LogP contribution in [0.4, 0.5) is 52.5 Å². The van der Waals surface area contributed by atoms with Crippen molar-refractivity contribution >= 4 is 64.3 Å². The van der Waals surface area contributed by atoms with Crippen LogP contribution in [0.3, 0.4) is 0 Å². The average Bonchev–Trinajstić information content (AvgIpc) is 2.98. The smallest absolute Gasteiger partial charge is 0.339 e. The van der Waals surface area contributed by atoms with E-state index in [0.717, 1.165) is 28.9 Å². The molecule has 5 rings (SSSR count). The molecular formula is C29H25ClF3N7O3. The molecule has 1 aliphatic rings. The van der Waals surface area contributed by atoms with E-state index in [9.17, 15) is 22.8 Å². The molecule has 222 valence electrons. The summed E-state index contributed by atoms with van der Waals surface area (Å²) in [6, 6.07) is 22.2. The van der Waals surface area contributed by atoms with Gasteiger partial charge in [-0.3, -0.25) is 9.59 Å². The van der Waals surface area contributed by atoms with Gasteiger partial charge in [0.2, 0.25) is 18.1 Å². The third-order valence-corrected chi connectivity index (χ3v) is 6.10. The molecule has 10 nitrogen and oxygen atoms in total. The molecule has 0 saturated carbocycles. The lowest BCUT2D eigenvalue weighted by Crippen LogP contribution is -2.35. The summed E-state index contributed by atoms with van der Waals surface area (Å²) >= 11 is 6.33. The summed E-state index contributed by atoms with van der Waals surface area (Å²) in [5, 5.41) is 15.0. The molecule has 5 N–H and O–H groups in total. The van der Waals surface area contributed by atoms with E-state index in [-0.39, 0.29) is 12.5 Å². The van der Waals surface area contributed by atoms with Gasteiger partial charge < -0.3 is 26.6 Å². The van der Waals surface area contributed by atoms with Gasteiger partial charge in [-0.1, -0.05) is 41.9 Å². The number of amides is 3. The van der Waals surface area contributed by atoms with Gasteiger partial charge in [-0.25, -0.2) is 9.78 Å². The van der Waals surface area contributed by atoms with Gasteiger partial charge in [-0.2, -0.15) is 18.2 Å². The maximum Gasteiger partial charge on any atom is 0.446 e. The molecule has 1 aromatic heterocycles. The predicted molar refractivity (Wildman–Crippen MR) is 158 cm³/mol. The van der Waals surface area contributed by atoms with E-state index in [1.54, 1.807) is 18.3 Å². The lowest BCUT2D eigenvalue weighted by Gasteiger charge is -2.15. The Morgan fingerprint density at radius 1 is 0.930 bits per heavy atom. The maximum atomic E-state index is 12.7. The van der Waals surface area contributed by atoms with Crippen molar-refractivity contribution in [2.75, 3.05) is 27.8 Å². The number of urea groups is 1. The molecule has 1 aliphatic heterocycles. The third kappa shape index (κ3) is 9.71. The lowest BCUT2D eigenvalue weighted by molar-refractivity contribution is -0.156. The normalized spacial score (nSPS) is 11.8. The number of halogens is 4. The highest BCUT2D eigenvalue weighted by atomic mass is 35.5. The summed E-state index contributed by atoms with van der Waals surface area (Å²) in [6.07, 6.45) is -2.74. The van der Waals surface area contributed by atoms with E-state index < -0.39 is 18.5 Å². The number of carbonyl (C=O) groups excluding carboxylic acids is 3. The molecule has 3 amide bonds. The van der Waals surface area contributed by atoms with Crippen molar-refractivity contribution in [2.24, 2.45) is 0 Å². The Bertz CT molecular complexity index is 1600. The number of hydrogen-bond donors (Lipinski definition) is 5. The number of aromatic nitrogens is 2. The van der Waals surface area contributed by atoms with Crippen LogP contribution in [0.25, 0.3) is 0 Å². The summed E-state index contributed by atoms with van der Waals surface area (Å²) in [6.45, 7) is -0.175. The van der Waals surface area contributed by atoms with Crippen molar-refractivity contribution in [1.82, 2.24) is 15.3 Å². The van der Waals surface area contributed by atoms with E-state index in [0.29, 0.717) is 34.6 Å². The van der Waals surface area contributed by atoms with Crippen LogP contribution in [0, 0.1) is 0 Å². The van der Waals surface area contributed by atoms with Crippen LogP contribution in [0.1, 0.15) is 11.1 Å². The van der Waals surface area contributed by atoms with Crippen LogP contribution >= 0.6 is 11.6 Å². The van der Waals surface area contributed by atoms with Gasteiger partial charge in [0.1, 0.15) is 5.02 Å². The summed E-state index contributed by atoms with van der Waals surface area (Å²) < 4.78 is 31.2. The molecule has 6 bridgehead atoms. The highest BCUT2D eigenvalue weighted by Crippen LogP contribution is 2.29. The highest BCUT2D eigenvalue weighted by Gasteiger charge is 2.25. The first-order chi connectivity index (χ1) is 20.6. The minimum Gasteiger partial charge on any atom is -0.339 e. The van der Waals surface area contributed by atoms with Crippen LogP contribution in [0.5, 0.6) is 0 Å². The van der Waals surface area contributed by atoms with Crippen molar-refractivity contribution in [3.05, 3.63) is 95.1 Å². The van der Waals surface area contributed by atoms with Gasteiger partial charge in [0, 0.05) is 22.7 Å². The van der Waals surface area contributed by atoms with Crippen LogP contribution in [0.15, 0.2) is 79.0 Å². The number of fused-ring (bicyclic) bond motifs is 6. The SMILES string of the molecule is O=C(CNC(=O)Nc1ccccc1)Nc1ccc2cc1CCc1cccc(c1)Nc1ncc(Cl)c(n1)N2.O=CC(F)(F)F. The van der Waals surface area contributed by atoms with Crippen LogP contribution in [-0.2, 0) is 22.4 Å². The Morgan fingerprint density at radius 2 is 1.67 bits per heavy atom. The zero-order valence-electron chi connectivity index (χ0n) is 22.3. The number of anilines is 6. The van der Waals surface area contributed by atoms with E-state index >= 15 is 0 Å². The zero-order valence-corrected chi connectivity index (χ0v) is 23.1. The second kappa shape index (κ2) is 14.1. The number of aryl methyl sites for hydroxylation is 2. The molecule has 0 fully saturated rings. The van der Waals surface area contributed by atoms with Crippen molar-refractivity contribution < 1.29 is 27.6 Å². The fourth-order valence-corrected chi connectivity index (χ4v) is 4.05. The molecule has 14 heteroatoms. The molecule has 0 aliphatic carbocycles. The molecule has 0 atom stereocenters. The minimum absolute atomic E-state index is 0.175. The number of rotatable bonds is 4. The van der Waals surface area contributed by atoms with Gasteiger partial charge in [-0.05, 0) is 66.4 Å². The Kier molecular flexibility index (Phi) is 10.1. The highest BCUT2D eigenvalue weighted by molar-refractivity contribution is 6.32. The molecule has 4 aromatic rings. The number of benzene rings is 3. The summed E-state index contributed by atoms with van der Waals surface area (Å²) in [4.78, 5) is 42.3. The molecule has 0 spiro atoms. The number of nitrogens with zero attached hydrogens (tertiary/aromatic N) is 2. The van der Waals surface area contributed by atoms with Crippen LogP contribution in [-0.4, -0.2) is 40.9 Å². The summed E-state index contributed by atoms with van der Waals surface area (Å²) in [7, 11) is 0. The number of alkyl halides is 3. The quantitative estimate of drug-likeness (QED) is 0.173. The fourth-order valence-electron chi connectivity index (χ4n) is 3.92. The number of carbonyl (C=O) groups is 3. The first-order valence-corrected chi connectivity index (χ1v) is 13.2. The maximum absolute atomic E-state index is 12.7. The number of hydrogen-bond acceptors (Lipinski definition) is 7. The standard InChI is InChI=1S/C27H24ClN7O2.C2HF3O/c28-22-15-29-26-32-20-8-4-5-17(13-20)9-10-18-14-21(31-25(22)35-26)11-12-23(18)34-24(36)16-30-27(37)33-19-6-2-1-3-7-19;3-2(4,5)1-6/h1-8,11-15H,9-10,16H2,(H,34,36)(H2,30,33,37)(H2,29,31,32,35);1H. The number of nitrogens with one attached hydrogen (secondary N) is 5. The van der Waals surface area contributed by atoms with Crippen molar-refractivity contribution in [3.8, 4) is 0 Å². The van der Waals surface area contributed by atoms with E-state index in [4.69, 9.17) is 16.4 Å². The first kappa shape index (κ1) is 30.8. The van der Waals surface area contributed by atoms with Gasteiger partial charge in [0.05, 0.1) is 12.7 Å². The molecular weight excluding hydrogens is 587 g/mol. The minimum atomic E-state index is -4.64. The lowest BCUT2D eigenvalue weighted by atomic mass is 10.0. The third-order valence-electron chi connectivity index (χ3n) is 5.83. The Morgan fingerprint density at radius 3 is 2.42 bits per heavy atom. The Balaban J connectivity index is 0.000000641. The van der Waals surface area contributed by atoms with Crippen molar-refractivity contribution in [1.29, 1.82) is 0 Å². The van der Waals surface area contributed by atoms with Crippen LogP contribution < -0.4 is 26.6 Å². The monoisotopic (exact) mass is 611 g/mol. The van der Waals surface area contributed by atoms with Gasteiger partial charge in [-0.15, -0.1) is 0 Å². The topological polar surface area (TPSA) is 137 Å². The second-order valence-corrected chi connectivity index (χ2v) is 9.50. The zero-order chi connectivity index (χ0) is 30.8. The molecule has 3 aromatic carbocycles. The van der Waals surface area contributed by atoms with E-state index in [2.05, 4.69) is 42.6 Å². The van der Waals surface area contributed by atoms with Crippen molar-refractivity contribution in [2.45, 2.75) is 19.0 Å². The molecule has 0 radical (unpaired) electrons.